The number of halogens is 5. The van der Waals surface area contributed by atoms with Crippen LogP contribution < -0.4 is 15.5 Å². The lowest BCUT2D eigenvalue weighted by molar-refractivity contribution is -0.142. The summed E-state index contributed by atoms with van der Waals surface area (Å²) < 4.78 is 67.0. The topological polar surface area (TPSA) is 98.7 Å². The van der Waals surface area contributed by atoms with Gasteiger partial charge in [0.25, 0.3) is 5.91 Å². The van der Waals surface area contributed by atoms with Gasteiger partial charge in [-0.3, -0.25) is 9.69 Å². The van der Waals surface area contributed by atoms with Crippen molar-refractivity contribution in [2.75, 3.05) is 16.8 Å². The Morgan fingerprint density at radius 3 is 2.19 bits per heavy atom. The number of nitrogens with zero attached hydrogens (tertiary/aromatic N) is 1. The van der Waals surface area contributed by atoms with Crippen LogP contribution in [0, 0.1) is 5.82 Å². The third-order valence-corrected chi connectivity index (χ3v) is 7.27. The van der Waals surface area contributed by atoms with Crippen LogP contribution >= 0.6 is 0 Å². The number of hydrogen-bond donors (Lipinski definition) is 3. The lowest BCUT2D eigenvalue weighted by atomic mass is 9.84. The van der Waals surface area contributed by atoms with Crippen molar-refractivity contribution in [3.05, 3.63) is 94.8 Å². The SMILES string of the molecule is O=C(NCC(F)C(=O)O)c1ccc(CN(C(=O)Nc2cc(F)cc(C(F)(F)F)c2)c2ccc(C3CCCCC3)cc2)cc1. The highest BCUT2D eigenvalue weighted by Crippen LogP contribution is 2.34. The number of amides is 3. The van der Waals surface area contributed by atoms with Gasteiger partial charge >= 0.3 is 18.2 Å². The number of carboxylic acid groups (broad SMARTS) is 1. The molecular weight excluding hydrogens is 573 g/mol. The van der Waals surface area contributed by atoms with E-state index in [1.54, 1.807) is 12.1 Å². The summed E-state index contributed by atoms with van der Waals surface area (Å²) in [5, 5.41) is 13.2. The molecule has 3 aromatic carbocycles. The van der Waals surface area contributed by atoms with E-state index in [0.29, 0.717) is 29.3 Å². The molecule has 0 bridgehead atoms. The molecule has 0 spiro atoms. The summed E-state index contributed by atoms with van der Waals surface area (Å²) in [5.74, 6) is -3.16. The molecule has 1 aliphatic carbocycles. The third kappa shape index (κ3) is 8.52. The largest absolute Gasteiger partial charge is 0.479 e. The average Bonchev–Trinajstić information content (AvgIpc) is 2.98. The van der Waals surface area contributed by atoms with Crippen LogP contribution in [0.5, 0.6) is 0 Å². The van der Waals surface area contributed by atoms with Crippen LogP contribution in [0.2, 0.25) is 0 Å². The van der Waals surface area contributed by atoms with E-state index in [9.17, 15) is 36.3 Å². The lowest BCUT2D eigenvalue weighted by Crippen LogP contribution is -2.35. The summed E-state index contributed by atoms with van der Waals surface area (Å²) in [7, 11) is 0. The van der Waals surface area contributed by atoms with Crippen molar-refractivity contribution in [3.8, 4) is 0 Å². The minimum absolute atomic E-state index is 0.0660. The first-order valence-electron chi connectivity index (χ1n) is 13.7. The Bertz CT molecular complexity index is 1440. The maximum atomic E-state index is 14.0. The molecule has 1 aliphatic rings. The second-order valence-corrected chi connectivity index (χ2v) is 10.4. The molecule has 228 valence electrons. The zero-order valence-electron chi connectivity index (χ0n) is 23.0. The van der Waals surface area contributed by atoms with Crippen LogP contribution in [0.25, 0.3) is 0 Å². The number of urea groups is 1. The fourth-order valence-electron chi connectivity index (χ4n) is 4.97. The van der Waals surface area contributed by atoms with Crippen molar-refractivity contribution < 1.29 is 41.4 Å². The standard InChI is InChI=1S/C31H30F5N3O4/c32-24-14-23(31(34,35)36)15-25(16-24)38-30(43)39(26-12-10-21(11-13-26)20-4-2-1-3-5-20)18-19-6-8-22(9-7-19)28(40)37-17-27(33)29(41)42/h6-16,20,27H,1-5,17-18H2,(H,37,40)(H,38,43)(H,41,42). The Kier molecular flexibility index (Phi) is 9.99. The Hall–Kier alpha value is -4.48. The number of rotatable bonds is 9. The molecular formula is C31H30F5N3O4. The van der Waals surface area contributed by atoms with Gasteiger partial charge in [-0.25, -0.2) is 18.4 Å². The molecule has 1 unspecified atom stereocenters. The maximum absolute atomic E-state index is 14.0. The van der Waals surface area contributed by atoms with Crippen molar-refractivity contribution in [2.24, 2.45) is 0 Å². The van der Waals surface area contributed by atoms with Crippen LogP contribution in [0.3, 0.4) is 0 Å². The summed E-state index contributed by atoms with van der Waals surface area (Å²) >= 11 is 0. The van der Waals surface area contributed by atoms with Crippen molar-refractivity contribution in [1.29, 1.82) is 0 Å². The number of aliphatic carboxylic acids is 1. The van der Waals surface area contributed by atoms with E-state index in [1.807, 2.05) is 12.1 Å². The molecule has 0 heterocycles. The van der Waals surface area contributed by atoms with E-state index >= 15 is 0 Å². The molecule has 12 heteroatoms. The first-order valence-corrected chi connectivity index (χ1v) is 13.7. The quantitative estimate of drug-likeness (QED) is 0.224. The van der Waals surface area contributed by atoms with Crippen LogP contribution in [0.15, 0.2) is 66.7 Å². The highest BCUT2D eigenvalue weighted by Gasteiger charge is 2.32. The number of nitrogens with one attached hydrogen (secondary N) is 2. The number of benzene rings is 3. The van der Waals surface area contributed by atoms with Gasteiger partial charge in [-0.15, -0.1) is 0 Å². The van der Waals surface area contributed by atoms with Crippen molar-refractivity contribution in [1.82, 2.24) is 5.32 Å². The number of anilines is 2. The van der Waals surface area contributed by atoms with Gasteiger partial charge in [0.1, 0.15) is 5.82 Å². The number of alkyl halides is 4. The van der Waals surface area contributed by atoms with Gasteiger partial charge in [0.05, 0.1) is 18.7 Å². The molecule has 1 fully saturated rings. The molecule has 0 aliphatic heterocycles. The fraction of sp³-hybridized carbons (Fsp3) is 0.323. The van der Waals surface area contributed by atoms with E-state index < -0.39 is 48.2 Å². The molecule has 1 saturated carbocycles. The van der Waals surface area contributed by atoms with Gasteiger partial charge in [0, 0.05) is 16.9 Å². The Balaban J connectivity index is 1.56. The van der Waals surface area contributed by atoms with Crippen LogP contribution in [0.1, 0.15) is 65.1 Å². The van der Waals surface area contributed by atoms with Crippen molar-refractivity contribution in [2.45, 2.75) is 56.9 Å². The van der Waals surface area contributed by atoms with Gasteiger partial charge < -0.3 is 15.7 Å². The van der Waals surface area contributed by atoms with E-state index in [-0.39, 0.29) is 17.8 Å². The first-order chi connectivity index (χ1) is 20.4. The summed E-state index contributed by atoms with van der Waals surface area (Å²) in [5.41, 5.74) is 0.593. The number of hydrogen-bond acceptors (Lipinski definition) is 3. The Morgan fingerprint density at radius 2 is 1.58 bits per heavy atom. The Labute approximate surface area is 244 Å². The normalized spacial score (nSPS) is 14.5. The molecule has 0 radical (unpaired) electrons. The lowest BCUT2D eigenvalue weighted by Gasteiger charge is -2.26. The predicted molar refractivity (Wildman–Crippen MR) is 150 cm³/mol. The first kappa shape index (κ1) is 31.5. The maximum Gasteiger partial charge on any atom is 0.416 e. The smallest absolute Gasteiger partial charge is 0.416 e. The summed E-state index contributed by atoms with van der Waals surface area (Å²) in [6.07, 6.45) is -1.49. The molecule has 43 heavy (non-hydrogen) atoms. The van der Waals surface area contributed by atoms with Gasteiger partial charge in [0.2, 0.25) is 6.17 Å². The summed E-state index contributed by atoms with van der Waals surface area (Å²) in [4.78, 5) is 37.6. The number of carbonyl (C=O) groups excluding carboxylic acids is 2. The molecule has 0 aromatic heterocycles. The van der Waals surface area contributed by atoms with Crippen molar-refractivity contribution >= 4 is 29.3 Å². The van der Waals surface area contributed by atoms with E-state index in [4.69, 9.17) is 5.11 Å². The van der Waals surface area contributed by atoms with Crippen LogP contribution in [-0.4, -0.2) is 35.7 Å². The molecule has 7 nitrogen and oxygen atoms in total. The van der Waals surface area contributed by atoms with Gasteiger partial charge in [-0.05, 0) is 72.4 Å². The monoisotopic (exact) mass is 603 g/mol. The zero-order valence-corrected chi connectivity index (χ0v) is 23.0. The third-order valence-electron chi connectivity index (χ3n) is 7.27. The molecule has 1 atom stereocenters. The number of carbonyl (C=O) groups is 3. The van der Waals surface area contributed by atoms with Crippen LogP contribution in [-0.2, 0) is 17.5 Å². The minimum atomic E-state index is -4.82. The molecule has 0 saturated heterocycles. The van der Waals surface area contributed by atoms with E-state index in [2.05, 4.69) is 10.6 Å². The second kappa shape index (κ2) is 13.7. The molecule has 3 amide bonds. The van der Waals surface area contributed by atoms with E-state index in [1.165, 1.54) is 35.6 Å². The van der Waals surface area contributed by atoms with Gasteiger partial charge in [-0.2, -0.15) is 13.2 Å². The minimum Gasteiger partial charge on any atom is -0.479 e. The summed E-state index contributed by atoms with van der Waals surface area (Å²) in [6, 6.07) is 14.1. The number of carboxylic acids is 1. The fourth-order valence-corrected chi connectivity index (χ4v) is 4.97. The zero-order chi connectivity index (χ0) is 31.1. The van der Waals surface area contributed by atoms with Gasteiger partial charge in [0.15, 0.2) is 0 Å². The Morgan fingerprint density at radius 1 is 0.930 bits per heavy atom. The van der Waals surface area contributed by atoms with Crippen LogP contribution in [0.4, 0.5) is 38.1 Å². The highest BCUT2D eigenvalue weighted by atomic mass is 19.4. The second-order valence-electron chi connectivity index (χ2n) is 10.4. The average molecular weight is 604 g/mol. The molecule has 3 N–H and O–H groups in total. The predicted octanol–water partition coefficient (Wildman–Crippen LogP) is 7.28. The van der Waals surface area contributed by atoms with Gasteiger partial charge in [-0.1, -0.05) is 43.5 Å². The summed E-state index contributed by atoms with van der Waals surface area (Å²) in [6.45, 7) is -0.777. The molecule has 3 aromatic rings. The van der Waals surface area contributed by atoms with E-state index in [0.717, 1.165) is 37.3 Å². The highest BCUT2D eigenvalue weighted by molar-refractivity contribution is 6.01. The van der Waals surface area contributed by atoms with Crippen molar-refractivity contribution in [3.63, 3.8) is 0 Å². The molecule has 4 rings (SSSR count).